The van der Waals surface area contributed by atoms with E-state index in [4.69, 9.17) is 0 Å². The third-order valence-corrected chi connectivity index (χ3v) is 6.16. The molecule has 0 spiro atoms. The van der Waals surface area contributed by atoms with Gasteiger partial charge in [-0.25, -0.2) is 0 Å². The summed E-state index contributed by atoms with van der Waals surface area (Å²) in [5.74, 6) is 0.00958. The monoisotopic (exact) mass is 336 g/mol. The molecule has 0 aromatic carbocycles. The van der Waals surface area contributed by atoms with Gasteiger partial charge in [0, 0.05) is 8.65 Å². The molecule has 0 heterocycles. The van der Waals surface area contributed by atoms with Gasteiger partial charge in [0.05, 0.1) is 5.41 Å². The first kappa shape index (κ1) is 10.6. The van der Waals surface area contributed by atoms with Crippen LogP contribution in [-0.4, -0.2) is 19.7 Å². The summed E-state index contributed by atoms with van der Waals surface area (Å²) in [5, 5.41) is 9.47. The molecule has 1 N–H and O–H groups in total. The van der Waals surface area contributed by atoms with Crippen LogP contribution in [0, 0.1) is 11.3 Å². The highest BCUT2D eigenvalue weighted by Gasteiger charge is 2.64. The van der Waals surface area contributed by atoms with Crippen LogP contribution < -0.4 is 0 Å². The molecular weight excluding hydrogens is 324 g/mol. The number of hydrogen-bond acceptors (Lipinski definition) is 1. The number of hydrogen-bond donors (Lipinski definition) is 1. The minimum Gasteiger partial charge on any atom is -0.481 e. The van der Waals surface area contributed by atoms with Crippen molar-refractivity contribution in [2.75, 3.05) is 0 Å². The van der Waals surface area contributed by atoms with Crippen molar-refractivity contribution < 1.29 is 9.90 Å². The second kappa shape index (κ2) is 2.81. The fraction of sp³-hybridized carbons (Fsp3) is 0.909. The third kappa shape index (κ3) is 1.43. The predicted molar refractivity (Wildman–Crippen MR) is 64.6 cm³/mol. The normalized spacial score (nSPS) is 57.1. The molecule has 2 atom stereocenters. The molecule has 2 nitrogen and oxygen atoms in total. The van der Waals surface area contributed by atoms with Gasteiger partial charge in [0.15, 0.2) is 0 Å². The summed E-state index contributed by atoms with van der Waals surface area (Å²) in [7, 11) is 0. The fourth-order valence-corrected chi connectivity index (χ4v) is 7.88. The first-order chi connectivity index (χ1) is 6.85. The molecule has 0 aromatic heterocycles. The van der Waals surface area contributed by atoms with Crippen molar-refractivity contribution in [3.63, 3.8) is 0 Å². The van der Waals surface area contributed by atoms with E-state index in [0.717, 1.165) is 38.5 Å². The average Bonchev–Trinajstić information content (AvgIpc) is 1.95. The van der Waals surface area contributed by atoms with E-state index in [1.54, 1.807) is 0 Å². The Hall–Kier alpha value is 0.430. The lowest BCUT2D eigenvalue weighted by Gasteiger charge is -2.61. The Bertz CT molecular complexity index is 323. The molecule has 0 amide bonds. The van der Waals surface area contributed by atoms with Crippen molar-refractivity contribution in [1.82, 2.24) is 0 Å². The minimum absolute atomic E-state index is 0.0916. The topological polar surface area (TPSA) is 37.3 Å². The van der Waals surface area contributed by atoms with Gasteiger partial charge in [0.1, 0.15) is 0 Å². The molecule has 4 aliphatic carbocycles. The summed E-state index contributed by atoms with van der Waals surface area (Å²) in [6.07, 6.45) is 5.94. The van der Waals surface area contributed by atoms with Crippen LogP contribution in [0.1, 0.15) is 38.5 Å². The van der Waals surface area contributed by atoms with E-state index in [0.29, 0.717) is 5.92 Å². The highest BCUT2D eigenvalue weighted by atomic mass is 79.9. The zero-order valence-electron chi connectivity index (χ0n) is 8.43. The number of aliphatic carboxylic acids is 1. The zero-order valence-corrected chi connectivity index (χ0v) is 11.6. The first-order valence-corrected chi connectivity index (χ1v) is 7.05. The van der Waals surface area contributed by atoms with Gasteiger partial charge in [-0.3, -0.25) is 4.79 Å². The van der Waals surface area contributed by atoms with Gasteiger partial charge < -0.3 is 5.11 Å². The van der Waals surface area contributed by atoms with Crippen LogP contribution in [-0.2, 0) is 4.79 Å². The number of carboxylic acids is 1. The SMILES string of the molecule is O=C(O)C12CC3CC(Br)(CC(Br)(C3)C1)C2. The summed E-state index contributed by atoms with van der Waals surface area (Å²) < 4.78 is 0.183. The number of alkyl halides is 2. The molecule has 4 heteroatoms. The molecule has 2 unspecified atom stereocenters. The maximum Gasteiger partial charge on any atom is 0.309 e. The highest BCUT2D eigenvalue weighted by Crippen LogP contribution is 2.68. The van der Waals surface area contributed by atoms with E-state index in [2.05, 4.69) is 31.9 Å². The van der Waals surface area contributed by atoms with Crippen molar-refractivity contribution in [1.29, 1.82) is 0 Å². The van der Waals surface area contributed by atoms with Gasteiger partial charge in [0.25, 0.3) is 0 Å². The molecule has 0 saturated heterocycles. The van der Waals surface area contributed by atoms with E-state index in [-0.39, 0.29) is 8.65 Å². The van der Waals surface area contributed by atoms with E-state index < -0.39 is 11.4 Å². The molecule has 15 heavy (non-hydrogen) atoms. The Morgan fingerprint density at radius 1 is 1.07 bits per heavy atom. The van der Waals surface area contributed by atoms with Crippen molar-refractivity contribution in [3.05, 3.63) is 0 Å². The minimum atomic E-state index is -0.584. The van der Waals surface area contributed by atoms with Gasteiger partial charge in [-0.05, 0) is 44.4 Å². The number of halogens is 2. The summed E-state index contributed by atoms with van der Waals surface area (Å²) in [6.45, 7) is 0. The van der Waals surface area contributed by atoms with E-state index in [1.165, 1.54) is 0 Å². The van der Waals surface area contributed by atoms with Crippen LogP contribution in [0.5, 0.6) is 0 Å². The Labute approximate surface area is 106 Å². The van der Waals surface area contributed by atoms with Gasteiger partial charge >= 0.3 is 5.97 Å². The standard InChI is InChI=1S/C11H14Br2O2/c12-10-2-7-1-9(4-10,8(14)15)5-11(13,3-7)6-10/h7H,1-6H2,(H,14,15). The zero-order chi connectivity index (χ0) is 10.9. The second-order valence-electron chi connectivity index (χ2n) is 5.90. The van der Waals surface area contributed by atoms with Gasteiger partial charge in [0.2, 0.25) is 0 Å². The van der Waals surface area contributed by atoms with Crippen LogP contribution in [0.25, 0.3) is 0 Å². The predicted octanol–water partition coefficient (Wildman–Crippen LogP) is 3.32. The van der Waals surface area contributed by atoms with Crippen LogP contribution in [0.2, 0.25) is 0 Å². The quantitative estimate of drug-likeness (QED) is 0.745. The summed E-state index contributed by atoms with van der Waals surface area (Å²) in [4.78, 5) is 11.5. The van der Waals surface area contributed by atoms with Crippen LogP contribution in [0.3, 0.4) is 0 Å². The second-order valence-corrected chi connectivity index (χ2v) is 9.26. The lowest BCUT2D eigenvalue weighted by atomic mass is 9.49. The summed E-state index contributed by atoms with van der Waals surface area (Å²) in [6, 6.07) is 0. The number of carbonyl (C=O) groups is 1. The molecule has 0 aliphatic heterocycles. The molecule has 4 saturated carbocycles. The molecule has 4 aliphatic rings. The van der Waals surface area contributed by atoms with Crippen LogP contribution in [0.15, 0.2) is 0 Å². The van der Waals surface area contributed by atoms with Crippen LogP contribution in [0.4, 0.5) is 0 Å². The van der Waals surface area contributed by atoms with Gasteiger partial charge in [-0.2, -0.15) is 0 Å². The summed E-state index contributed by atoms with van der Waals surface area (Å²) in [5.41, 5.74) is -0.452. The van der Waals surface area contributed by atoms with E-state index in [1.807, 2.05) is 0 Å². The molecule has 4 bridgehead atoms. The molecule has 0 radical (unpaired) electrons. The first-order valence-electron chi connectivity index (χ1n) is 5.46. The van der Waals surface area contributed by atoms with Crippen LogP contribution >= 0.6 is 31.9 Å². The number of rotatable bonds is 1. The molecular formula is C11H14Br2O2. The molecule has 4 fully saturated rings. The Balaban J connectivity index is 2.05. The fourth-order valence-electron chi connectivity index (χ4n) is 4.44. The lowest BCUT2D eigenvalue weighted by Crippen LogP contribution is -2.61. The van der Waals surface area contributed by atoms with E-state index >= 15 is 0 Å². The third-order valence-electron chi connectivity index (χ3n) is 4.39. The average molecular weight is 338 g/mol. The molecule has 4 rings (SSSR count). The van der Waals surface area contributed by atoms with Crippen molar-refractivity contribution in [2.45, 2.75) is 47.2 Å². The van der Waals surface area contributed by atoms with Crippen molar-refractivity contribution in [3.8, 4) is 0 Å². The van der Waals surface area contributed by atoms with Crippen molar-refractivity contribution >= 4 is 37.8 Å². The molecule has 84 valence electrons. The summed E-state index contributed by atoms with van der Waals surface area (Å²) >= 11 is 7.61. The number of carboxylic acid groups (broad SMARTS) is 1. The maximum atomic E-state index is 11.5. The Morgan fingerprint density at radius 2 is 1.60 bits per heavy atom. The van der Waals surface area contributed by atoms with Crippen molar-refractivity contribution in [2.24, 2.45) is 11.3 Å². The molecule has 0 aromatic rings. The largest absolute Gasteiger partial charge is 0.481 e. The highest BCUT2D eigenvalue weighted by molar-refractivity contribution is 9.10. The van der Waals surface area contributed by atoms with Gasteiger partial charge in [-0.1, -0.05) is 31.9 Å². The van der Waals surface area contributed by atoms with E-state index in [9.17, 15) is 9.90 Å². The Kier molecular flexibility index (Phi) is 1.98. The smallest absolute Gasteiger partial charge is 0.309 e. The maximum absolute atomic E-state index is 11.5. The van der Waals surface area contributed by atoms with Gasteiger partial charge in [-0.15, -0.1) is 0 Å². The lowest BCUT2D eigenvalue weighted by molar-refractivity contribution is -0.160. The Morgan fingerprint density at radius 3 is 2.00 bits per heavy atom.